The Labute approximate surface area is 203 Å². The van der Waals surface area contributed by atoms with Gasteiger partial charge >= 0.3 is 0 Å². The average Bonchev–Trinajstić information content (AvgIpc) is 3.60. The number of nitrogens with two attached hydrogens (primary N) is 1. The predicted octanol–water partition coefficient (Wildman–Crippen LogP) is 5.55. The van der Waals surface area contributed by atoms with Crippen LogP contribution in [-0.4, -0.2) is 33.9 Å². The largest absolute Gasteiger partial charge is 0.399 e. The Morgan fingerprint density at radius 2 is 1.97 bits per heavy atom. The third-order valence-electron chi connectivity index (χ3n) is 8.18. The van der Waals surface area contributed by atoms with E-state index in [1.54, 1.807) is 6.33 Å². The fourth-order valence-electron chi connectivity index (χ4n) is 5.99. The summed E-state index contributed by atoms with van der Waals surface area (Å²) in [6, 6.07) is 7.73. The molecule has 34 heavy (non-hydrogen) atoms. The van der Waals surface area contributed by atoms with Crippen LogP contribution in [-0.2, 0) is 17.6 Å². The summed E-state index contributed by atoms with van der Waals surface area (Å²) in [6.07, 6.45) is 17.3. The molecule has 1 amide bonds. The average molecular weight is 459 g/mol. The standard InChI is InChI=1S/C29H38N4O/c1-21-6-2-3-8-25-26(31-20-32-28(21)25)16-23-7-4-5-15-33(19-29(18-23)13-14-29)27(34)17-22-9-11-24(30)12-10-22/h3,8-12,20-21,23H,2,4-7,13-19,30H2,1H3. The lowest BCUT2D eigenvalue weighted by atomic mass is 9.84. The predicted molar refractivity (Wildman–Crippen MR) is 137 cm³/mol. The first-order chi connectivity index (χ1) is 16.5. The minimum atomic E-state index is 0.259. The molecule has 1 spiro atoms. The first-order valence-corrected chi connectivity index (χ1v) is 13.1. The Balaban J connectivity index is 1.28. The lowest BCUT2D eigenvalue weighted by molar-refractivity contribution is -0.131. The second kappa shape index (κ2) is 9.89. The molecule has 5 nitrogen and oxygen atoms in total. The molecule has 2 heterocycles. The van der Waals surface area contributed by atoms with Crippen LogP contribution in [0.15, 0.2) is 36.7 Å². The molecule has 2 aliphatic carbocycles. The number of nitrogens with zero attached hydrogens (tertiary/aromatic N) is 3. The summed E-state index contributed by atoms with van der Waals surface area (Å²) in [4.78, 5) is 24.8. The van der Waals surface area contributed by atoms with Crippen molar-refractivity contribution in [3.8, 4) is 0 Å². The molecule has 5 rings (SSSR count). The monoisotopic (exact) mass is 458 g/mol. The van der Waals surface area contributed by atoms with Gasteiger partial charge in [0.2, 0.25) is 5.91 Å². The minimum Gasteiger partial charge on any atom is -0.399 e. The fourth-order valence-corrected chi connectivity index (χ4v) is 5.99. The summed E-state index contributed by atoms with van der Waals surface area (Å²) in [5.41, 5.74) is 11.6. The van der Waals surface area contributed by atoms with Crippen LogP contribution in [0.3, 0.4) is 0 Å². The zero-order chi connectivity index (χ0) is 23.5. The smallest absolute Gasteiger partial charge is 0.227 e. The van der Waals surface area contributed by atoms with Gasteiger partial charge in [-0.1, -0.05) is 37.6 Å². The van der Waals surface area contributed by atoms with Gasteiger partial charge in [-0.3, -0.25) is 4.79 Å². The highest BCUT2D eigenvalue weighted by Crippen LogP contribution is 2.53. The van der Waals surface area contributed by atoms with E-state index in [2.05, 4.69) is 29.0 Å². The van der Waals surface area contributed by atoms with Gasteiger partial charge in [-0.05, 0) is 86.3 Å². The van der Waals surface area contributed by atoms with Gasteiger partial charge in [0.05, 0.1) is 17.8 Å². The second-order valence-electron chi connectivity index (χ2n) is 11.0. The van der Waals surface area contributed by atoms with Crippen molar-refractivity contribution in [1.82, 2.24) is 14.9 Å². The number of carbonyl (C=O) groups excluding carboxylic acids is 1. The number of benzene rings is 1. The van der Waals surface area contributed by atoms with Crippen LogP contribution < -0.4 is 5.73 Å². The number of hydrogen-bond acceptors (Lipinski definition) is 4. The van der Waals surface area contributed by atoms with E-state index in [0.717, 1.165) is 50.0 Å². The summed E-state index contributed by atoms with van der Waals surface area (Å²) in [5, 5.41) is 0. The Morgan fingerprint density at radius 3 is 2.76 bits per heavy atom. The van der Waals surface area contributed by atoms with Gasteiger partial charge in [0, 0.05) is 24.3 Å². The van der Waals surface area contributed by atoms with Crippen molar-refractivity contribution in [2.45, 2.75) is 77.0 Å². The molecule has 1 saturated carbocycles. The Kier molecular flexibility index (Phi) is 6.71. The fraction of sp³-hybridized carbons (Fsp3) is 0.552. The molecule has 1 aliphatic heterocycles. The van der Waals surface area contributed by atoms with Gasteiger partial charge in [0.25, 0.3) is 0 Å². The number of aromatic nitrogens is 2. The van der Waals surface area contributed by atoms with E-state index in [1.807, 2.05) is 24.3 Å². The van der Waals surface area contributed by atoms with E-state index in [-0.39, 0.29) is 5.91 Å². The van der Waals surface area contributed by atoms with Gasteiger partial charge in [0.15, 0.2) is 0 Å². The van der Waals surface area contributed by atoms with Gasteiger partial charge < -0.3 is 10.6 Å². The first-order valence-electron chi connectivity index (χ1n) is 13.1. The molecule has 0 bridgehead atoms. The second-order valence-corrected chi connectivity index (χ2v) is 11.0. The number of anilines is 1. The van der Waals surface area contributed by atoms with E-state index in [4.69, 9.17) is 10.7 Å². The summed E-state index contributed by atoms with van der Waals surface area (Å²) < 4.78 is 0. The van der Waals surface area contributed by atoms with Crippen LogP contribution in [0.4, 0.5) is 5.69 Å². The molecule has 1 aromatic carbocycles. The number of rotatable bonds is 4. The van der Waals surface area contributed by atoms with Gasteiger partial charge in [-0.15, -0.1) is 0 Å². The van der Waals surface area contributed by atoms with Gasteiger partial charge in [-0.2, -0.15) is 0 Å². The maximum atomic E-state index is 13.2. The zero-order valence-corrected chi connectivity index (χ0v) is 20.5. The molecule has 5 heteroatoms. The van der Waals surface area contributed by atoms with E-state index in [1.165, 1.54) is 49.1 Å². The SMILES string of the molecule is CC1CCC=Cc2c(CC3CCCCN(C(=O)Cc4ccc(N)cc4)CC4(CC4)C3)ncnc21. The molecule has 0 radical (unpaired) electrons. The summed E-state index contributed by atoms with van der Waals surface area (Å²) in [6.45, 7) is 4.08. The topological polar surface area (TPSA) is 72.1 Å². The molecule has 2 aromatic rings. The first kappa shape index (κ1) is 23.1. The molecule has 3 aliphatic rings. The van der Waals surface area contributed by atoms with Crippen LogP contribution >= 0.6 is 0 Å². The number of fused-ring (bicyclic) bond motifs is 1. The normalized spacial score (nSPS) is 24.0. The molecular formula is C29H38N4O. The quantitative estimate of drug-likeness (QED) is 0.610. The third kappa shape index (κ3) is 5.34. The number of hydrogen-bond donors (Lipinski definition) is 1. The van der Waals surface area contributed by atoms with Crippen molar-refractivity contribution in [2.24, 2.45) is 11.3 Å². The van der Waals surface area contributed by atoms with Crippen LogP contribution in [0, 0.1) is 11.3 Å². The van der Waals surface area contributed by atoms with E-state index >= 15 is 0 Å². The molecule has 2 atom stereocenters. The molecule has 1 aromatic heterocycles. The maximum absolute atomic E-state index is 13.2. The van der Waals surface area contributed by atoms with Crippen LogP contribution in [0.2, 0.25) is 0 Å². The lowest BCUT2D eigenvalue weighted by Crippen LogP contribution is -2.38. The molecule has 2 unspecified atom stereocenters. The Hall–Kier alpha value is -2.69. The number of carbonyl (C=O) groups is 1. The Morgan fingerprint density at radius 1 is 1.15 bits per heavy atom. The number of nitrogen functional groups attached to an aromatic ring is 1. The number of allylic oxidation sites excluding steroid dienone is 1. The highest BCUT2D eigenvalue weighted by Gasteiger charge is 2.46. The molecule has 180 valence electrons. The summed E-state index contributed by atoms with van der Waals surface area (Å²) >= 11 is 0. The zero-order valence-electron chi connectivity index (χ0n) is 20.5. The Bertz CT molecular complexity index is 1040. The molecule has 2 N–H and O–H groups in total. The van der Waals surface area contributed by atoms with E-state index in [9.17, 15) is 4.79 Å². The van der Waals surface area contributed by atoms with Crippen molar-refractivity contribution in [3.63, 3.8) is 0 Å². The maximum Gasteiger partial charge on any atom is 0.227 e. The van der Waals surface area contributed by atoms with Crippen LogP contribution in [0.25, 0.3) is 6.08 Å². The summed E-state index contributed by atoms with van der Waals surface area (Å²) in [7, 11) is 0. The van der Waals surface area contributed by atoms with Crippen molar-refractivity contribution < 1.29 is 4.79 Å². The van der Waals surface area contributed by atoms with E-state index in [0.29, 0.717) is 23.7 Å². The van der Waals surface area contributed by atoms with Crippen LogP contribution in [0.1, 0.15) is 86.7 Å². The van der Waals surface area contributed by atoms with Crippen molar-refractivity contribution in [2.75, 3.05) is 18.8 Å². The molecule has 2 fully saturated rings. The minimum absolute atomic E-state index is 0.259. The highest BCUT2D eigenvalue weighted by atomic mass is 16.2. The van der Waals surface area contributed by atoms with Crippen molar-refractivity contribution >= 4 is 17.7 Å². The van der Waals surface area contributed by atoms with Crippen LogP contribution in [0.5, 0.6) is 0 Å². The molecule has 1 saturated heterocycles. The highest BCUT2D eigenvalue weighted by molar-refractivity contribution is 5.79. The third-order valence-corrected chi connectivity index (χ3v) is 8.18. The summed E-state index contributed by atoms with van der Waals surface area (Å²) in [5.74, 6) is 1.37. The van der Waals surface area contributed by atoms with Crippen molar-refractivity contribution in [1.29, 1.82) is 0 Å². The lowest BCUT2D eigenvalue weighted by Gasteiger charge is -2.28. The van der Waals surface area contributed by atoms with Gasteiger partial charge in [-0.25, -0.2) is 9.97 Å². The van der Waals surface area contributed by atoms with Crippen molar-refractivity contribution in [3.05, 3.63) is 59.2 Å². The number of amides is 1. The molecular weight excluding hydrogens is 420 g/mol. The van der Waals surface area contributed by atoms with E-state index < -0.39 is 0 Å². The van der Waals surface area contributed by atoms with Gasteiger partial charge in [0.1, 0.15) is 6.33 Å².